The van der Waals surface area contributed by atoms with Gasteiger partial charge in [0.2, 0.25) is 0 Å². The SMILES string of the molecule is CC(C)N=c1ccccn1C(=O)c1cc(F)c(F)cc1Cl. The molecule has 0 fully saturated rings. The predicted molar refractivity (Wildman–Crippen MR) is 76.2 cm³/mol. The van der Waals surface area contributed by atoms with Gasteiger partial charge in [0, 0.05) is 12.2 Å². The lowest BCUT2D eigenvalue weighted by molar-refractivity contribution is 0.0954. The van der Waals surface area contributed by atoms with Crippen molar-refractivity contribution in [2.75, 3.05) is 0 Å². The van der Waals surface area contributed by atoms with Crippen molar-refractivity contribution in [3.8, 4) is 0 Å². The second-order valence-electron chi connectivity index (χ2n) is 4.70. The molecule has 0 unspecified atom stereocenters. The Bertz CT molecular complexity index is 754. The lowest BCUT2D eigenvalue weighted by Gasteiger charge is -2.09. The van der Waals surface area contributed by atoms with E-state index >= 15 is 0 Å². The molecule has 110 valence electrons. The average Bonchev–Trinajstić information content (AvgIpc) is 2.42. The molecule has 0 aliphatic carbocycles. The number of rotatable bonds is 2. The van der Waals surface area contributed by atoms with Gasteiger partial charge in [-0.25, -0.2) is 8.78 Å². The van der Waals surface area contributed by atoms with Gasteiger partial charge in [-0.05, 0) is 38.1 Å². The molecule has 21 heavy (non-hydrogen) atoms. The number of carbonyl (C=O) groups excluding carboxylic acids is 1. The topological polar surface area (TPSA) is 34.4 Å². The minimum Gasteiger partial charge on any atom is -0.268 e. The maximum atomic E-state index is 13.3. The highest BCUT2D eigenvalue weighted by Crippen LogP contribution is 2.20. The van der Waals surface area contributed by atoms with Crippen LogP contribution in [0.4, 0.5) is 8.78 Å². The predicted octanol–water partition coefficient (Wildman–Crippen LogP) is 3.42. The van der Waals surface area contributed by atoms with Crippen LogP contribution in [0, 0.1) is 11.6 Å². The van der Waals surface area contributed by atoms with Crippen molar-refractivity contribution in [2.24, 2.45) is 4.99 Å². The van der Waals surface area contributed by atoms with E-state index in [1.54, 1.807) is 18.2 Å². The number of benzene rings is 1. The Balaban J connectivity index is 2.59. The first-order valence-electron chi connectivity index (χ1n) is 6.31. The number of hydrogen-bond donors (Lipinski definition) is 0. The number of halogens is 3. The van der Waals surface area contributed by atoms with Crippen LogP contribution in [0.3, 0.4) is 0 Å². The highest BCUT2D eigenvalue weighted by molar-refractivity contribution is 6.33. The van der Waals surface area contributed by atoms with Crippen LogP contribution >= 0.6 is 11.6 Å². The molecule has 0 saturated heterocycles. The van der Waals surface area contributed by atoms with Crippen LogP contribution in [0.25, 0.3) is 0 Å². The Morgan fingerprint density at radius 2 is 1.90 bits per heavy atom. The molecule has 0 atom stereocenters. The number of pyridine rings is 1. The molecule has 0 amide bonds. The fourth-order valence-electron chi connectivity index (χ4n) is 1.79. The standard InChI is InChI=1S/C15H13ClF2N2O/c1-9(2)19-14-5-3-4-6-20(14)15(21)10-7-12(17)13(18)8-11(10)16/h3-9H,1-2H3. The van der Waals surface area contributed by atoms with Crippen molar-refractivity contribution in [3.63, 3.8) is 0 Å². The van der Waals surface area contributed by atoms with Gasteiger partial charge < -0.3 is 0 Å². The van der Waals surface area contributed by atoms with E-state index in [1.165, 1.54) is 10.8 Å². The van der Waals surface area contributed by atoms with Crippen LogP contribution in [0.15, 0.2) is 41.5 Å². The second-order valence-corrected chi connectivity index (χ2v) is 5.11. The van der Waals surface area contributed by atoms with Crippen LogP contribution in [0.5, 0.6) is 0 Å². The highest BCUT2D eigenvalue weighted by Gasteiger charge is 2.16. The monoisotopic (exact) mass is 310 g/mol. The number of aromatic nitrogens is 1. The summed E-state index contributed by atoms with van der Waals surface area (Å²) in [6.45, 7) is 3.73. The third-order valence-corrected chi connectivity index (χ3v) is 3.00. The molecule has 1 aromatic heterocycles. The van der Waals surface area contributed by atoms with Crippen molar-refractivity contribution in [1.82, 2.24) is 4.57 Å². The first-order chi connectivity index (χ1) is 9.90. The molecule has 1 aromatic carbocycles. The summed E-state index contributed by atoms with van der Waals surface area (Å²) in [6.07, 6.45) is 1.50. The Hall–Kier alpha value is -2.01. The summed E-state index contributed by atoms with van der Waals surface area (Å²) >= 11 is 5.83. The normalized spacial score (nSPS) is 12.0. The molecular formula is C15H13ClF2N2O. The molecule has 0 saturated carbocycles. The van der Waals surface area contributed by atoms with Gasteiger partial charge in [-0.3, -0.25) is 14.4 Å². The van der Waals surface area contributed by atoms with Crippen molar-refractivity contribution in [3.05, 3.63) is 64.2 Å². The van der Waals surface area contributed by atoms with Crippen molar-refractivity contribution >= 4 is 17.5 Å². The summed E-state index contributed by atoms with van der Waals surface area (Å²) in [4.78, 5) is 16.8. The van der Waals surface area contributed by atoms with Gasteiger partial charge >= 0.3 is 0 Å². The Kier molecular flexibility index (Phi) is 4.53. The van der Waals surface area contributed by atoms with Crippen molar-refractivity contribution in [1.29, 1.82) is 0 Å². The average molecular weight is 311 g/mol. The second kappa shape index (κ2) is 6.18. The van der Waals surface area contributed by atoms with E-state index in [2.05, 4.69) is 4.99 Å². The van der Waals surface area contributed by atoms with Gasteiger partial charge in [-0.2, -0.15) is 0 Å². The lowest BCUT2D eigenvalue weighted by Crippen LogP contribution is -2.28. The Morgan fingerprint density at radius 1 is 1.24 bits per heavy atom. The molecule has 1 heterocycles. The van der Waals surface area contributed by atoms with Gasteiger partial charge in [-0.1, -0.05) is 17.7 Å². The van der Waals surface area contributed by atoms with Crippen molar-refractivity contribution < 1.29 is 13.6 Å². The first-order valence-corrected chi connectivity index (χ1v) is 6.68. The van der Waals surface area contributed by atoms with E-state index < -0.39 is 17.5 Å². The van der Waals surface area contributed by atoms with Gasteiger partial charge in [0.1, 0.15) is 5.49 Å². The zero-order chi connectivity index (χ0) is 15.6. The largest absolute Gasteiger partial charge is 0.268 e. The van der Waals surface area contributed by atoms with Crippen LogP contribution < -0.4 is 5.49 Å². The zero-order valence-corrected chi connectivity index (χ0v) is 12.2. The van der Waals surface area contributed by atoms with E-state index in [1.807, 2.05) is 13.8 Å². The molecule has 2 aromatic rings. The molecular weight excluding hydrogens is 298 g/mol. The summed E-state index contributed by atoms with van der Waals surface area (Å²) in [5.74, 6) is -2.79. The van der Waals surface area contributed by atoms with E-state index in [4.69, 9.17) is 11.6 Å². The number of nitrogens with zero attached hydrogens (tertiary/aromatic N) is 2. The minimum absolute atomic E-state index is 0.0214. The summed E-state index contributed by atoms with van der Waals surface area (Å²) in [5, 5.41) is -0.147. The van der Waals surface area contributed by atoms with E-state index in [-0.39, 0.29) is 16.6 Å². The number of carbonyl (C=O) groups is 1. The molecule has 2 rings (SSSR count). The van der Waals surface area contributed by atoms with Crippen LogP contribution in [0.1, 0.15) is 24.2 Å². The van der Waals surface area contributed by atoms with Gasteiger partial charge in [-0.15, -0.1) is 0 Å². The lowest BCUT2D eigenvalue weighted by atomic mass is 10.2. The molecule has 0 spiro atoms. The molecule has 0 aliphatic heterocycles. The Labute approximate surface area is 125 Å². The molecule has 6 heteroatoms. The van der Waals surface area contributed by atoms with E-state index in [0.29, 0.717) is 5.49 Å². The third kappa shape index (κ3) is 3.36. The summed E-state index contributed by atoms with van der Waals surface area (Å²) in [5.41, 5.74) is 0.297. The zero-order valence-electron chi connectivity index (χ0n) is 11.5. The molecule has 3 nitrogen and oxygen atoms in total. The van der Waals surface area contributed by atoms with Crippen LogP contribution in [-0.2, 0) is 0 Å². The molecule has 0 radical (unpaired) electrons. The molecule has 0 N–H and O–H groups in total. The van der Waals surface area contributed by atoms with Gasteiger partial charge in [0.15, 0.2) is 11.6 Å². The summed E-state index contributed by atoms with van der Waals surface area (Å²) < 4.78 is 27.7. The maximum Gasteiger partial charge on any atom is 0.265 e. The minimum atomic E-state index is -1.12. The highest BCUT2D eigenvalue weighted by atomic mass is 35.5. The smallest absolute Gasteiger partial charge is 0.265 e. The first kappa shape index (κ1) is 15.4. The molecule has 0 aliphatic rings. The maximum absolute atomic E-state index is 13.3. The quantitative estimate of drug-likeness (QED) is 0.783. The van der Waals surface area contributed by atoms with Gasteiger partial charge in [0.05, 0.1) is 10.6 Å². The Morgan fingerprint density at radius 3 is 2.57 bits per heavy atom. The number of hydrogen-bond acceptors (Lipinski definition) is 2. The summed E-state index contributed by atoms with van der Waals surface area (Å²) in [6, 6.07) is 6.59. The summed E-state index contributed by atoms with van der Waals surface area (Å²) in [7, 11) is 0. The fourth-order valence-corrected chi connectivity index (χ4v) is 2.02. The fraction of sp³-hybridized carbons (Fsp3) is 0.200. The van der Waals surface area contributed by atoms with Crippen LogP contribution in [-0.4, -0.2) is 16.5 Å². The third-order valence-electron chi connectivity index (χ3n) is 2.69. The van der Waals surface area contributed by atoms with Gasteiger partial charge in [0.25, 0.3) is 5.91 Å². The van der Waals surface area contributed by atoms with Crippen LogP contribution in [0.2, 0.25) is 5.02 Å². The molecule has 0 bridgehead atoms. The van der Waals surface area contributed by atoms with Crippen molar-refractivity contribution in [2.45, 2.75) is 19.9 Å². The van der Waals surface area contributed by atoms with E-state index in [9.17, 15) is 13.6 Å². The van der Waals surface area contributed by atoms with E-state index in [0.717, 1.165) is 12.1 Å².